The Kier molecular flexibility index (Phi) is 5.86. The maximum atomic E-state index is 10.3. The number of allylic oxidation sites excluding steroid dienone is 1. The summed E-state index contributed by atoms with van der Waals surface area (Å²) in [7, 11) is 0. The predicted octanol–water partition coefficient (Wildman–Crippen LogP) is 3.60. The number of alkyl halides is 1. The number of rotatable bonds is 6. The fourth-order valence-corrected chi connectivity index (χ4v) is 1.33. The van der Waals surface area contributed by atoms with Gasteiger partial charge < -0.3 is 5.11 Å². The SMILES string of the molecule is CCC(C)(Cl)CCCC(C)=CC(=O)O. The highest BCUT2D eigenvalue weighted by atomic mass is 35.5. The van der Waals surface area contributed by atoms with Crippen molar-refractivity contribution in [2.45, 2.75) is 51.3 Å². The lowest BCUT2D eigenvalue weighted by Crippen LogP contribution is -2.14. The van der Waals surface area contributed by atoms with Gasteiger partial charge in [-0.05, 0) is 39.5 Å². The highest BCUT2D eigenvalue weighted by molar-refractivity contribution is 6.23. The van der Waals surface area contributed by atoms with Crippen molar-refractivity contribution < 1.29 is 9.90 Å². The number of hydrogen-bond acceptors (Lipinski definition) is 1. The van der Waals surface area contributed by atoms with Crippen LogP contribution in [0.4, 0.5) is 0 Å². The minimum absolute atomic E-state index is 0.135. The van der Waals surface area contributed by atoms with Crippen LogP contribution in [0.25, 0.3) is 0 Å². The zero-order chi connectivity index (χ0) is 11.2. The maximum absolute atomic E-state index is 10.3. The molecule has 0 fully saturated rings. The average Bonchev–Trinajstić information content (AvgIpc) is 2.02. The van der Waals surface area contributed by atoms with E-state index in [2.05, 4.69) is 6.92 Å². The highest BCUT2D eigenvalue weighted by Crippen LogP contribution is 2.26. The van der Waals surface area contributed by atoms with Gasteiger partial charge >= 0.3 is 5.97 Å². The Hall–Kier alpha value is -0.500. The highest BCUT2D eigenvalue weighted by Gasteiger charge is 2.16. The molecule has 0 aromatic rings. The molecule has 0 bridgehead atoms. The predicted molar refractivity (Wildman–Crippen MR) is 59.8 cm³/mol. The fourth-order valence-electron chi connectivity index (χ4n) is 1.20. The monoisotopic (exact) mass is 218 g/mol. The summed E-state index contributed by atoms with van der Waals surface area (Å²) in [5, 5.41) is 8.49. The Morgan fingerprint density at radius 2 is 2.14 bits per heavy atom. The van der Waals surface area contributed by atoms with Gasteiger partial charge in [-0.3, -0.25) is 0 Å². The smallest absolute Gasteiger partial charge is 0.328 e. The first-order valence-electron chi connectivity index (χ1n) is 4.96. The molecular weight excluding hydrogens is 200 g/mol. The van der Waals surface area contributed by atoms with E-state index in [0.717, 1.165) is 31.3 Å². The Balaban J connectivity index is 3.80. The maximum Gasteiger partial charge on any atom is 0.328 e. The quantitative estimate of drug-likeness (QED) is 0.547. The van der Waals surface area contributed by atoms with Gasteiger partial charge in [-0.1, -0.05) is 12.5 Å². The number of carbonyl (C=O) groups is 1. The van der Waals surface area contributed by atoms with E-state index >= 15 is 0 Å². The standard InChI is InChI=1S/C11H19ClO2/c1-4-11(3,12)7-5-6-9(2)8-10(13)14/h8H,4-7H2,1-3H3,(H,13,14). The van der Waals surface area contributed by atoms with E-state index in [1.165, 1.54) is 6.08 Å². The third-order valence-corrected chi connectivity index (χ3v) is 2.83. The van der Waals surface area contributed by atoms with Crippen molar-refractivity contribution in [3.8, 4) is 0 Å². The van der Waals surface area contributed by atoms with E-state index in [1.807, 2.05) is 13.8 Å². The molecule has 1 unspecified atom stereocenters. The largest absolute Gasteiger partial charge is 0.478 e. The average molecular weight is 219 g/mol. The first-order valence-corrected chi connectivity index (χ1v) is 5.34. The van der Waals surface area contributed by atoms with E-state index in [-0.39, 0.29) is 4.87 Å². The van der Waals surface area contributed by atoms with Gasteiger partial charge in [0, 0.05) is 11.0 Å². The van der Waals surface area contributed by atoms with Crippen LogP contribution in [-0.2, 0) is 4.79 Å². The summed E-state index contributed by atoms with van der Waals surface area (Å²) in [5.74, 6) is -0.869. The molecule has 0 aliphatic heterocycles. The fraction of sp³-hybridized carbons (Fsp3) is 0.727. The molecule has 0 heterocycles. The van der Waals surface area contributed by atoms with E-state index in [4.69, 9.17) is 16.7 Å². The second-order valence-electron chi connectivity index (χ2n) is 3.95. The van der Waals surface area contributed by atoms with Gasteiger partial charge in [0.25, 0.3) is 0 Å². The molecule has 1 atom stereocenters. The van der Waals surface area contributed by atoms with Crippen LogP contribution in [0.5, 0.6) is 0 Å². The summed E-state index contributed by atoms with van der Waals surface area (Å²) in [6.07, 6.45) is 4.89. The second kappa shape index (κ2) is 6.07. The van der Waals surface area contributed by atoms with Gasteiger partial charge in [-0.25, -0.2) is 4.79 Å². The molecule has 3 heteroatoms. The Labute approximate surface area is 91.0 Å². The summed E-state index contributed by atoms with van der Waals surface area (Å²) < 4.78 is 0. The topological polar surface area (TPSA) is 37.3 Å². The molecule has 0 saturated carbocycles. The van der Waals surface area contributed by atoms with Crippen molar-refractivity contribution in [3.63, 3.8) is 0 Å². The molecule has 0 amide bonds. The molecule has 1 N–H and O–H groups in total. The Morgan fingerprint density at radius 3 is 2.57 bits per heavy atom. The molecule has 2 nitrogen and oxygen atoms in total. The normalized spacial score (nSPS) is 16.4. The molecule has 0 radical (unpaired) electrons. The van der Waals surface area contributed by atoms with Crippen molar-refractivity contribution in [1.82, 2.24) is 0 Å². The number of carboxylic acids is 1. The Morgan fingerprint density at radius 1 is 1.57 bits per heavy atom. The lowest BCUT2D eigenvalue weighted by Gasteiger charge is -2.19. The van der Waals surface area contributed by atoms with Crippen LogP contribution < -0.4 is 0 Å². The van der Waals surface area contributed by atoms with Gasteiger partial charge in [0.1, 0.15) is 0 Å². The molecule has 14 heavy (non-hydrogen) atoms. The van der Waals surface area contributed by atoms with Crippen LogP contribution >= 0.6 is 11.6 Å². The number of aliphatic carboxylic acids is 1. The van der Waals surface area contributed by atoms with Crippen molar-refractivity contribution in [3.05, 3.63) is 11.6 Å². The lowest BCUT2D eigenvalue weighted by atomic mass is 9.98. The van der Waals surface area contributed by atoms with Gasteiger partial charge in [-0.15, -0.1) is 11.6 Å². The molecule has 0 aromatic carbocycles. The second-order valence-corrected chi connectivity index (χ2v) is 4.86. The zero-order valence-electron chi connectivity index (χ0n) is 9.14. The summed E-state index contributed by atoms with van der Waals surface area (Å²) in [6.45, 7) is 5.92. The molecule has 0 aliphatic rings. The van der Waals surface area contributed by atoms with Gasteiger partial charge in [0.05, 0.1) is 0 Å². The van der Waals surface area contributed by atoms with E-state index in [0.29, 0.717) is 0 Å². The van der Waals surface area contributed by atoms with Crippen LogP contribution in [0, 0.1) is 0 Å². The summed E-state index contributed by atoms with van der Waals surface area (Å²) in [4.78, 5) is 10.2. The van der Waals surface area contributed by atoms with Crippen molar-refractivity contribution in [2.24, 2.45) is 0 Å². The van der Waals surface area contributed by atoms with E-state index < -0.39 is 5.97 Å². The van der Waals surface area contributed by atoms with Crippen molar-refractivity contribution in [2.75, 3.05) is 0 Å². The minimum atomic E-state index is -0.869. The molecule has 0 aliphatic carbocycles. The first-order chi connectivity index (χ1) is 6.37. The van der Waals surface area contributed by atoms with Gasteiger partial charge in [0.15, 0.2) is 0 Å². The van der Waals surface area contributed by atoms with Crippen LogP contribution in [0.15, 0.2) is 11.6 Å². The Bertz CT molecular complexity index is 219. The zero-order valence-corrected chi connectivity index (χ0v) is 9.90. The minimum Gasteiger partial charge on any atom is -0.478 e. The van der Waals surface area contributed by atoms with Crippen molar-refractivity contribution in [1.29, 1.82) is 0 Å². The molecule has 82 valence electrons. The van der Waals surface area contributed by atoms with E-state index in [1.54, 1.807) is 0 Å². The van der Waals surface area contributed by atoms with E-state index in [9.17, 15) is 4.79 Å². The van der Waals surface area contributed by atoms with Crippen LogP contribution in [0.3, 0.4) is 0 Å². The number of hydrogen-bond donors (Lipinski definition) is 1. The third-order valence-electron chi connectivity index (χ3n) is 2.38. The summed E-state index contributed by atoms with van der Waals surface area (Å²) in [5.41, 5.74) is 0.904. The van der Waals surface area contributed by atoms with Crippen molar-refractivity contribution >= 4 is 17.6 Å². The summed E-state index contributed by atoms with van der Waals surface area (Å²) >= 11 is 6.17. The molecular formula is C11H19ClO2. The van der Waals surface area contributed by atoms with Crippen LogP contribution in [0.2, 0.25) is 0 Å². The van der Waals surface area contributed by atoms with Gasteiger partial charge in [-0.2, -0.15) is 0 Å². The van der Waals surface area contributed by atoms with Gasteiger partial charge in [0.2, 0.25) is 0 Å². The lowest BCUT2D eigenvalue weighted by molar-refractivity contribution is -0.131. The first kappa shape index (κ1) is 13.5. The molecule has 0 rings (SSSR count). The number of carboxylic acid groups (broad SMARTS) is 1. The van der Waals surface area contributed by atoms with Crippen LogP contribution in [0.1, 0.15) is 46.5 Å². The summed E-state index contributed by atoms with van der Waals surface area (Å²) in [6, 6.07) is 0. The third kappa shape index (κ3) is 6.96. The molecule has 0 saturated heterocycles. The molecule has 0 aromatic heterocycles. The number of halogens is 1. The molecule has 0 spiro atoms. The van der Waals surface area contributed by atoms with Crippen LogP contribution in [-0.4, -0.2) is 16.0 Å².